The number of fused-ring (bicyclic) bond motifs is 1. The Labute approximate surface area is 167 Å². The van der Waals surface area contributed by atoms with Gasteiger partial charge in [-0.3, -0.25) is 0 Å². The van der Waals surface area contributed by atoms with Gasteiger partial charge in [-0.1, -0.05) is 29.8 Å². The summed E-state index contributed by atoms with van der Waals surface area (Å²) in [5, 5.41) is 10.9. The molecule has 4 aromatic rings. The number of aromatic hydroxyl groups is 1. The molecule has 0 fully saturated rings. The first-order valence-corrected chi connectivity index (χ1v) is 8.56. The standard InChI is InChI=1S/C22H15ClFNO.ClH/c1-13-21(17-4-2-3-5-19(17)24)18-12-15(23)8-11-20(18)25-22(13)14-6-9-16(26)10-7-14;/h2-12,26H,1H3;1H/p-1. The molecule has 0 amide bonds. The van der Waals surface area contributed by atoms with Crippen LogP contribution in [-0.4, -0.2) is 10.1 Å². The van der Waals surface area contributed by atoms with Crippen LogP contribution in [0.25, 0.3) is 33.3 Å². The van der Waals surface area contributed by atoms with Crippen LogP contribution in [0.4, 0.5) is 4.39 Å². The van der Waals surface area contributed by atoms with Gasteiger partial charge in [0.25, 0.3) is 0 Å². The van der Waals surface area contributed by atoms with Crippen molar-refractivity contribution < 1.29 is 21.9 Å². The number of benzene rings is 3. The van der Waals surface area contributed by atoms with Crippen LogP contribution in [0.2, 0.25) is 5.02 Å². The molecule has 136 valence electrons. The van der Waals surface area contributed by atoms with Gasteiger partial charge in [-0.2, -0.15) is 0 Å². The fourth-order valence-corrected chi connectivity index (χ4v) is 3.41. The Bertz CT molecular complexity index is 1130. The van der Waals surface area contributed by atoms with Gasteiger partial charge < -0.3 is 17.5 Å². The molecule has 0 radical (unpaired) electrons. The quantitative estimate of drug-likeness (QED) is 0.561. The molecule has 0 spiro atoms. The lowest BCUT2D eigenvalue weighted by Crippen LogP contribution is -3.00. The van der Waals surface area contributed by atoms with Gasteiger partial charge in [0.05, 0.1) is 11.2 Å². The molecular formula is C22H15Cl2FNO-. The molecule has 0 aliphatic carbocycles. The molecule has 0 aliphatic rings. The van der Waals surface area contributed by atoms with Crippen molar-refractivity contribution in [3.05, 3.63) is 83.1 Å². The zero-order valence-corrected chi connectivity index (χ0v) is 15.9. The highest BCUT2D eigenvalue weighted by atomic mass is 35.5. The molecule has 3 aromatic carbocycles. The molecule has 1 heterocycles. The van der Waals surface area contributed by atoms with Crippen LogP contribution in [-0.2, 0) is 0 Å². The van der Waals surface area contributed by atoms with Crippen LogP contribution in [0, 0.1) is 12.7 Å². The van der Waals surface area contributed by atoms with Crippen LogP contribution in [0.1, 0.15) is 5.56 Å². The van der Waals surface area contributed by atoms with Crippen LogP contribution < -0.4 is 12.4 Å². The summed E-state index contributed by atoms with van der Waals surface area (Å²) < 4.78 is 14.6. The minimum atomic E-state index is -0.292. The molecule has 2 nitrogen and oxygen atoms in total. The lowest BCUT2D eigenvalue weighted by molar-refractivity contribution is -0.00000666. The van der Waals surface area contributed by atoms with Crippen LogP contribution in [0.3, 0.4) is 0 Å². The Morgan fingerprint density at radius 2 is 1.67 bits per heavy atom. The molecule has 0 atom stereocenters. The van der Waals surface area contributed by atoms with Crippen molar-refractivity contribution in [3.63, 3.8) is 0 Å². The Morgan fingerprint density at radius 1 is 0.963 bits per heavy atom. The van der Waals surface area contributed by atoms with Gasteiger partial charge in [0.2, 0.25) is 0 Å². The van der Waals surface area contributed by atoms with Crippen molar-refractivity contribution in [3.8, 4) is 28.1 Å². The molecule has 0 bridgehead atoms. The minimum absolute atomic E-state index is 0. The molecule has 1 N–H and O–H groups in total. The number of nitrogens with zero attached hydrogens (tertiary/aromatic N) is 1. The third-order valence-corrected chi connectivity index (χ3v) is 4.71. The van der Waals surface area contributed by atoms with E-state index in [1.807, 2.05) is 25.1 Å². The highest BCUT2D eigenvalue weighted by Crippen LogP contribution is 2.38. The van der Waals surface area contributed by atoms with Crippen LogP contribution in [0.15, 0.2) is 66.7 Å². The number of phenolic OH excluding ortho intramolecular Hbond substituents is 1. The van der Waals surface area contributed by atoms with Crippen molar-refractivity contribution >= 4 is 22.5 Å². The zero-order valence-electron chi connectivity index (χ0n) is 14.4. The number of phenols is 1. The summed E-state index contributed by atoms with van der Waals surface area (Å²) in [5.41, 5.74) is 4.49. The van der Waals surface area contributed by atoms with Gasteiger partial charge in [0.1, 0.15) is 11.6 Å². The molecule has 0 saturated heterocycles. The molecule has 27 heavy (non-hydrogen) atoms. The predicted octanol–water partition coefficient (Wildman–Crippen LogP) is 3.38. The summed E-state index contributed by atoms with van der Waals surface area (Å²) >= 11 is 6.20. The fourth-order valence-electron chi connectivity index (χ4n) is 3.24. The van der Waals surface area contributed by atoms with Gasteiger partial charge in [0.15, 0.2) is 0 Å². The third kappa shape index (κ3) is 3.48. The Hall–Kier alpha value is -2.62. The summed E-state index contributed by atoms with van der Waals surface area (Å²) in [6.45, 7) is 1.93. The molecule has 5 heteroatoms. The van der Waals surface area contributed by atoms with E-state index in [4.69, 9.17) is 16.6 Å². The zero-order chi connectivity index (χ0) is 18.3. The van der Waals surface area contributed by atoms with E-state index in [1.54, 1.807) is 42.5 Å². The SMILES string of the molecule is Cc1c(-c2ccc(O)cc2)nc2ccc(Cl)cc2c1-c1ccccc1F.[Cl-]. The van der Waals surface area contributed by atoms with Gasteiger partial charge in [-0.05, 0) is 66.6 Å². The first kappa shape index (κ1) is 19.2. The van der Waals surface area contributed by atoms with Crippen molar-refractivity contribution in [2.45, 2.75) is 6.92 Å². The predicted molar refractivity (Wildman–Crippen MR) is 104 cm³/mol. The van der Waals surface area contributed by atoms with Crippen molar-refractivity contribution in [2.24, 2.45) is 0 Å². The molecule has 1 aromatic heterocycles. The summed E-state index contributed by atoms with van der Waals surface area (Å²) in [4.78, 5) is 4.77. The molecular weight excluding hydrogens is 384 g/mol. The number of halogens is 3. The van der Waals surface area contributed by atoms with Crippen LogP contribution in [0.5, 0.6) is 5.75 Å². The second-order valence-electron chi connectivity index (χ2n) is 6.15. The first-order chi connectivity index (χ1) is 12.5. The lowest BCUT2D eigenvalue weighted by Gasteiger charge is -2.16. The second-order valence-corrected chi connectivity index (χ2v) is 6.59. The fraction of sp³-hybridized carbons (Fsp3) is 0.0455. The number of rotatable bonds is 2. The molecule has 0 aliphatic heterocycles. The van der Waals surface area contributed by atoms with Gasteiger partial charge in [-0.15, -0.1) is 0 Å². The van der Waals surface area contributed by atoms with E-state index < -0.39 is 0 Å². The summed E-state index contributed by atoms with van der Waals surface area (Å²) in [6.07, 6.45) is 0. The molecule has 0 saturated carbocycles. The Kier molecular flexibility index (Phi) is 5.36. The maximum Gasteiger partial charge on any atom is 0.131 e. The normalized spacial score (nSPS) is 10.6. The van der Waals surface area contributed by atoms with E-state index in [0.717, 1.165) is 33.3 Å². The summed E-state index contributed by atoms with van der Waals surface area (Å²) in [6, 6.07) is 19.0. The van der Waals surface area contributed by atoms with E-state index in [-0.39, 0.29) is 24.0 Å². The highest BCUT2D eigenvalue weighted by molar-refractivity contribution is 6.31. The maximum atomic E-state index is 14.6. The van der Waals surface area contributed by atoms with Crippen LogP contribution >= 0.6 is 11.6 Å². The summed E-state index contributed by atoms with van der Waals surface area (Å²) in [5.74, 6) is -0.104. The largest absolute Gasteiger partial charge is 1.00 e. The van der Waals surface area contributed by atoms with E-state index in [0.29, 0.717) is 10.6 Å². The second kappa shape index (κ2) is 7.55. The number of hydrogen-bond donors (Lipinski definition) is 1. The van der Waals surface area contributed by atoms with E-state index >= 15 is 0 Å². The first-order valence-electron chi connectivity index (χ1n) is 8.19. The average molecular weight is 399 g/mol. The topological polar surface area (TPSA) is 33.1 Å². The minimum Gasteiger partial charge on any atom is -1.00 e. The Balaban J connectivity index is 0.00000210. The van der Waals surface area contributed by atoms with E-state index in [2.05, 4.69) is 0 Å². The molecule has 0 unspecified atom stereocenters. The summed E-state index contributed by atoms with van der Waals surface area (Å²) in [7, 11) is 0. The van der Waals surface area contributed by atoms with Crippen molar-refractivity contribution in [1.82, 2.24) is 4.98 Å². The third-order valence-electron chi connectivity index (χ3n) is 4.47. The van der Waals surface area contributed by atoms with Crippen molar-refractivity contribution in [1.29, 1.82) is 0 Å². The monoisotopic (exact) mass is 398 g/mol. The number of aromatic nitrogens is 1. The van der Waals surface area contributed by atoms with E-state index in [1.165, 1.54) is 6.07 Å². The number of hydrogen-bond acceptors (Lipinski definition) is 2. The number of pyridine rings is 1. The highest BCUT2D eigenvalue weighted by Gasteiger charge is 2.17. The van der Waals surface area contributed by atoms with E-state index in [9.17, 15) is 9.50 Å². The van der Waals surface area contributed by atoms with Gasteiger partial charge in [0, 0.05) is 21.5 Å². The Morgan fingerprint density at radius 3 is 2.37 bits per heavy atom. The van der Waals surface area contributed by atoms with Gasteiger partial charge in [-0.25, -0.2) is 9.37 Å². The molecule has 4 rings (SSSR count). The maximum absolute atomic E-state index is 14.6. The average Bonchev–Trinajstić information content (AvgIpc) is 2.63. The smallest absolute Gasteiger partial charge is 0.131 e. The van der Waals surface area contributed by atoms with Gasteiger partial charge >= 0.3 is 0 Å². The lowest BCUT2D eigenvalue weighted by atomic mass is 9.92. The van der Waals surface area contributed by atoms with Crippen molar-refractivity contribution in [2.75, 3.05) is 0 Å².